The Balaban J connectivity index is 1.35. The van der Waals surface area contributed by atoms with Crippen LogP contribution in [0.25, 0.3) is 0 Å². The number of nitriles is 1. The number of amides is 1. The molecule has 2 aliphatic carbocycles. The van der Waals surface area contributed by atoms with Gasteiger partial charge in [-0.3, -0.25) is 0 Å². The van der Waals surface area contributed by atoms with Crippen molar-refractivity contribution in [1.82, 2.24) is 15.3 Å². The minimum Gasteiger partial charge on any atom is -0.444 e. The highest BCUT2D eigenvalue weighted by Crippen LogP contribution is 2.43. The predicted octanol–water partition coefficient (Wildman–Crippen LogP) is 5.75. The molecule has 4 atom stereocenters. The Kier molecular flexibility index (Phi) is 8.20. The number of hydrogen-bond donors (Lipinski definition) is 3. The summed E-state index contributed by atoms with van der Waals surface area (Å²) >= 11 is 6.25. The van der Waals surface area contributed by atoms with Gasteiger partial charge < -0.3 is 20.7 Å². The number of nitrogens with zero attached hydrogens (tertiary/aromatic N) is 3. The van der Waals surface area contributed by atoms with E-state index in [0.29, 0.717) is 46.7 Å². The van der Waals surface area contributed by atoms with Crippen molar-refractivity contribution in [2.24, 2.45) is 17.8 Å². The molecule has 2 saturated carbocycles. The number of ether oxygens (including phenoxy) is 1. The van der Waals surface area contributed by atoms with Crippen LogP contribution in [-0.2, 0) is 11.3 Å². The highest BCUT2D eigenvalue weighted by molar-refractivity contribution is 6.31. The van der Waals surface area contributed by atoms with E-state index in [2.05, 4.69) is 32.0 Å². The Labute approximate surface area is 218 Å². The lowest BCUT2D eigenvalue weighted by Crippen LogP contribution is -2.52. The largest absolute Gasteiger partial charge is 0.444 e. The third-order valence-corrected chi connectivity index (χ3v) is 7.35. The van der Waals surface area contributed by atoms with Crippen LogP contribution in [0.2, 0.25) is 5.02 Å². The van der Waals surface area contributed by atoms with Crippen LogP contribution in [0.15, 0.2) is 30.5 Å². The molecule has 9 heteroatoms. The van der Waals surface area contributed by atoms with Crippen molar-refractivity contribution < 1.29 is 9.53 Å². The maximum Gasteiger partial charge on any atom is 0.407 e. The van der Waals surface area contributed by atoms with E-state index in [1.807, 2.05) is 45.0 Å². The minimum atomic E-state index is -0.503. The molecule has 2 unspecified atom stereocenters. The Morgan fingerprint density at radius 2 is 1.92 bits per heavy atom. The van der Waals surface area contributed by atoms with E-state index in [9.17, 15) is 10.1 Å². The third-order valence-electron chi connectivity index (χ3n) is 6.98. The summed E-state index contributed by atoms with van der Waals surface area (Å²) in [4.78, 5) is 21.3. The van der Waals surface area contributed by atoms with Crippen LogP contribution >= 0.6 is 11.6 Å². The zero-order valence-electron chi connectivity index (χ0n) is 21.2. The van der Waals surface area contributed by atoms with Gasteiger partial charge in [0, 0.05) is 24.2 Å². The smallest absolute Gasteiger partial charge is 0.407 e. The van der Waals surface area contributed by atoms with Gasteiger partial charge in [0.15, 0.2) is 0 Å². The summed E-state index contributed by atoms with van der Waals surface area (Å²) in [6.07, 6.45) is 6.69. The molecule has 192 valence electrons. The fourth-order valence-corrected chi connectivity index (χ4v) is 5.66. The van der Waals surface area contributed by atoms with Crippen molar-refractivity contribution >= 4 is 29.5 Å². The molecule has 0 radical (unpaired) electrons. The lowest BCUT2D eigenvalue weighted by Gasteiger charge is -2.46. The first-order valence-electron chi connectivity index (χ1n) is 12.7. The summed E-state index contributed by atoms with van der Waals surface area (Å²) in [5, 5.41) is 20.0. The molecule has 2 aromatic rings. The maximum absolute atomic E-state index is 12.4. The highest BCUT2D eigenvalue weighted by atomic mass is 35.5. The molecule has 2 bridgehead atoms. The standard InChI is InChI=1S/C27H35ClN6O2/c1-27(2,3)36-26(35)33-23-18-8-6-9-19(23)12-17(11-18)14-30-24-21(13-29)16-32-25(34-24)31-15-20-7-4-5-10-22(20)28/h4-5,7,10,16-19,23H,6,8-9,11-12,14-15H2,1-3H3,(H,33,35)(H2,30,31,32,34)/t17?,18-,19+,23?. The van der Waals surface area contributed by atoms with Crippen LogP contribution in [0.4, 0.5) is 16.6 Å². The van der Waals surface area contributed by atoms with E-state index in [1.165, 1.54) is 6.42 Å². The van der Waals surface area contributed by atoms with Gasteiger partial charge in [0.2, 0.25) is 5.95 Å². The number of fused-ring (bicyclic) bond motifs is 2. The van der Waals surface area contributed by atoms with Crippen LogP contribution in [0.1, 0.15) is 64.0 Å². The van der Waals surface area contributed by atoms with Gasteiger partial charge in [-0.25, -0.2) is 9.78 Å². The number of hydrogen-bond acceptors (Lipinski definition) is 7. The first-order valence-corrected chi connectivity index (χ1v) is 13.1. The van der Waals surface area contributed by atoms with Crippen molar-refractivity contribution in [2.45, 2.75) is 71.1 Å². The number of halogens is 1. The average Bonchev–Trinajstić information content (AvgIpc) is 2.81. The van der Waals surface area contributed by atoms with E-state index in [0.717, 1.165) is 37.8 Å². The van der Waals surface area contributed by atoms with Crippen molar-refractivity contribution in [3.05, 3.63) is 46.6 Å². The molecule has 36 heavy (non-hydrogen) atoms. The number of benzene rings is 1. The van der Waals surface area contributed by atoms with Gasteiger partial charge in [-0.05, 0) is 75.8 Å². The highest BCUT2D eigenvalue weighted by Gasteiger charge is 2.41. The second kappa shape index (κ2) is 11.3. The molecule has 3 N–H and O–H groups in total. The molecule has 0 saturated heterocycles. The normalized spacial score (nSPS) is 23.3. The zero-order valence-corrected chi connectivity index (χ0v) is 21.9. The maximum atomic E-state index is 12.4. The molecule has 1 aromatic heterocycles. The predicted molar refractivity (Wildman–Crippen MR) is 141 cm³/mol. The van der Waals surface area contributed by atoms with Crippen molar-refractivity contribution in [2.75, 3.05) is 17.2 Å². The lowest BCUT2D eigenvalue weighted by molar-refractivity contribution is 0.0324. The Hall–Kier alpha value is -3.05. The molecule has 8 nitrogen and oxygen atoms in total. The summed E-state index contributed by atoms with van der Waals surface area (Å²) < 4.78 is 5.51. The number of anilines is 2. The van der Waals surface area contributed by atoms with Gasteiger partial charge in [-0.1, -0.05) is 36.2 Å². The molecule has 1 amide bonds. The van der Waals surface area contributed by atoms with Crippen molar-refractivity contribution in [1.29, 1.82) is 5.26 Å². The Morgan fingerprint density at radius 1 is 1.19 bits per heavy atom. The number of nitrogens with one attached hydrogen (secondary N) is 3. The Morgan fingerprint density at radius 3 is 2.58 bits per heavy atom. The number of aromatic nitrogens is 2. The van der Waals surface area contributed by atoms with E-state index >= 15 is 0 Å². The number of carbonyl (C=O) groups is 1. The molecule has 2 aliphatic rings. The van der Waals surface area contributed by atoms with Gasteiger partial charge in [0.05, 0.1) is 6.20 Å². The van der Waals surface area contributed by atoms with Crippen LogP contribution in [0.3, 0.4) is 0 Å². The second-order valence-electron chi connectivity index (χ2n) is 10.9. The van der Waals surface area contributed by atoms with Gasteiger partial charge in [-0.15, -0.1) is 0 Å². The Bertz CT molecular complexity index is 1100. The molecular formula is C27H35ClN6O2. The molecule has 0 spiro atoms. The molecule has 0 aliphatic heterocycles. The van der Waals surface area contributed by atoms with Gasteiger partial charge in [0.1, 0.15) is 23.1 Å². The number of carbonyl (C=O) groups excluding carboxylic acids is 1. The molecule has 4 rings (SSSR count). The first kappa shape index (κ1) is 26.0. The summed E-state index contributed by atoms with van der Waals surface area (Å²) in [7, 11) is 0. The SMILES string of the molecule is CC(C)(C)OC(=O)NC1[C@@H]2CCC[C@H]1CC(CNc1nc(NCc3ccccc3Cl)ncc1C#N)C2. The number of alkyl carbamates (subject to hydrolysis) is 1. The van der Waals surface area contributed by atoms with Gasteiger partial charge >= 0.3 is 6.09 Å². The topological polar surface area (TPSA) is 112 Å². The summed E-state index contributed by atoms with van der Waals surface area (Å²) in [5.41, 5.74) is 0.862. The summed E-state index contributed by atoms with van der Waals surface area (Å²) in [6.45, 7) is 6.87. The molecule has 2 fully saturated rings. The minimum absolute atomic E-state index is 0.166. The van der Waals surface area contributed by atoms with E-state index in [1.54, 1.807) is 6.20 Å². The fourth-order valence-electron chi connectivity index (χ4n) is 5.45. The molecule has 1 heterocycles. The van der Waals surface area contributed by atoms with E-state index < -0.39 is 5.60 Å². The molecular weight excluding hydrogens is 476 g/mol. The van der Waals surface area contributed by atoms with Crippen molar-refractivity contribution in [3.63, 3.8) is 0 Å². The summed E-state index contributed by atoms with van der Waals surface area (Å²) in [6, 6.07) is 9.97. The van der Waals surface area contributed by atoms with E-state index in [4.69, 9.17) is 16.3 Å². The van der Waals surface area contributed by atoms with Gasteiger partial charge in [-0.2, -0.15) is 10.2 Å². The lowest BCUT2D eigenvalue weighted by atomic mass is 9.64. The van der Waals surface area contributed by atoms with Crippen LogP contribution in [0.5, 0.6) is 0 Å². The first-order chi connectivity index (χ1) is 17.2. The van der Waals surface area contributed by atoms with E-state index in [-0.39, 0.29) is 12.1 Å². The summed E-state index contributed by atoms with van der Waals surface area (Å²) in [5.74, 6) is 2.29. The quantitative estimate of drug-likeness (QED) is 0.435. The second-order valence-corrected chi connectivity index (χ2v) is 11.3. The van der Waals surface area contributed by atoms with Crippen LogP contribution in [0, 0.1) is 29.1 Å². The molecule has 1 aromatic carbocycles. The van der Waals surface area contributed by atoms with Crippen LogP contribution in [-0.4, -0.2) is 34.2 Å². The van der Waals surface area contributed by atoms with Crippen LogP contribution < -0.4 is 16.0 Å². The number of rotatable bonds is 7. The van der Waals surface area contributed by atoms with Gasteiger partial charge in [0.25, 0.3) is 0 Å². The average molecular weight is 511 g/mol. The zero-order chi connectivity index (χ0) is 25.7. The fraction of sp³-hybridized carbons (Fsp3) is 0.556. The third kappa shape index (κ3) is 6.79. The van der Waals surface area contributed by atoms with Crippen molar-refractivity contribution in [3.8, 4) is 6.07 Å². The monoisotopic (exact) mass is 510 g/mol.